The van der Waals surface area contributed by atoms with Gasteiger partial charge in [0.25, 0.3) is 5.91 Å². The fraction of sp³-hybridized carbons (Fsp3) is 0.200. The lowest BCUT2D eigenvalue weighted by Gasteiger charge is -2.20. The molecule has 0 aliphatic carbocycles. The molecule has 0 aliphatic rings. The van der Waals surface area contributed by atoms with Crippen molar-refractivity contribution in [3.63, 3.8) is 0 Å². The van der Waals surface area contributed by atoms with Gasteiger partial charge in [-0.15, -0.1) is 0 Å². The molecule has 0 radical (unpaired) electrons. The lowest BCUT2D eigenvalue weighted by atomic mass is 10.0. The lowest BCUT2D eigenvalue weighted by Crippen LogP contribution is -2.31. The second-order valence-electron chi connectivity index (χ2n) is 5.87. The fourth-order valence-electron chi connectivity index (χ4n) is 2.75. The molecule has 0 spiro atoms. The highest BCUT2D eigenvalue weighted by molar-refractivity contribution is 5.94. The van der Waals surface area contributed by atoms with Gasteiger partial charge in [-0.05, 0) is 30.2 Å². The molecular formula is C20H20FN3O. The van der Waals surface area contributed by atoms with Crippen LogP contribution in [0.15, 0.2) is 60.9 Å². The average Bonchev–Trinajstić information content (AvgIpc) is 3.06. The molecule has 3 aromatic rings. The van der Waals surface area contributed by atoms with Crippen LogP contribution in [0.4, 0.5) is 4.39 Å². The molecule has 4 nitrogen and oxygen atoms in total. The van der Waals surface area contributed by atoms with Gasteiger partial charge in [-0.2, -0.15) is 0 Å². The van der Waals surface area contributed by atoms with Crippen molar-refractivity contribution in [1.82, 2.24) is 14.9 Å². The number of amides is 1. The summed E-state index contributed by atoms with van der Waals surface area (Å²) in [5, 5.41) is 2.91. The Morgan fingerprint density at radius 1 is 1.20 bits per heavy atom. The van der Waals surface area contributed by atoms with Crippen LogP contribution in [-0.4, -0.2) is 15.5 Å². The van der Waals surface area contributed by atoms with E-state index in [1.165, 1.54) is 6.07 Å². The van der Waals surface area contributed by atoms with E-state index in [1.54, 1.807) is 47.3 Å². The van der Waals surface area contributed by atoms with Crippen molar-refractivity contribution in [3.8, 4) is 0 Å². The fourth-order valence-corrected chi connectivity index (χ4v) is 2.75. The zero-order chi connectivity index (χ0) is 17.8. The summed E-state index contributed by atoms with van der Waals surface area (Å²) in [6.45, 7) is 2.06. The summed E-state index contributed by atoms with van der Waals surface area (Å²) >= 11 is 0. The van der Waals surface area contributed by atoms with Crippen LogP contribution in [0.3, 0.4) is 0 Å². The Kier molecular flexibility index (Phi) is 4.93. The van der Waals surface area contributed by atoms with Crippen LogP contribution in [0.1, 0.15) is 40.3 Å². The van der Waals surface area contributed by atoms with Crippen molar-refractivity contribution in [2.75, 3.05) is 0 Å². The molecular weight excluding hydrogens is 317 g/mol. The van der Waals surface area contributed by atoms with Crippen molar-refractivity contribution >= 4 is 5.91 Å². The highest BCUT2D eigenvalue weighted by Crippen LogP contribution is 2.23. The molecule has 0 fully saturated rings. The molecule has 25 heavy (non-hydrogen) atoms. The maximum Gasteiger partial charge on any atom is 0.252 e. The van der Waals surface area contributed by atoms with Crippen molar-refractivity contribution in [1.29, 1.82) is 0 Å². The monoisotopic (exact) mass is 337 g/mol. The topological polar surface area (TPSA) is 46.9 Å². The van der Waals surface area contributed by atoms with Gasteiger partial charge in [0.2, 0.25) is 0 Å². The first kappa shape index (κ1) is 16.9. The maximum absolute atomic E-state index is 14.3. The highest BCUT2D eigenvalue weighted by Gasteiger charge is 2.23. The van der Waals surface area contributed by atoms with Crippen molar-refractivity contribution in [3.05, 3.63) is 89.3 Å². The van der Waals surface area contributed by atoms with Crippen LogP contribution in [0.25, 0.3) is 0 Å². The number of rotatable bonds is 5. The smallest absolute Gasteiger partial charge is 0.252 e. The van der Waals surface area contributed by atoms with Gasteiger partial charge < -0.3 is 9.88 Å². The lowest BCUT2D eigenvalue weighted by molar-refractivity contribution is 0.0940. The molecule has 5 heteroatoms. The Bertz CT molecular complexity index is 871. The van der Waals surface area contributed by atoms with Gasteiger partial charge in [0.05, 0.1) is 0 Å². The Hall–Kier alpha value is -2.95. The number of hydrogen-bond acceptors (Lipinski definition) is 2. The standard InChI is InChI=1S/C20H20FN3O/c1-3-14-8-10-15(11-9-14)20(25)23-18(19-22-12-13-24(19)2)16-6-4-5-7-17(16)21/h4-13,18H,3H2,1-2H3,(H,23,25). The van der Waals surface area contributed by atoms with Gasteiger partial charge in [-0.3, -0.25) is 4.79 Å². The number of aryl methyl sites for hydroxylation is 2. The zero-order valence-corrected chi connectivity index (χ0v) is 14.2. The van der Waals surface area contributed by atoms with E-state index in [9.17, 15) is 9.18 Å². The quantitative estimate of drug-likeness (QED) is 0.773. The predicted octanol–water partition coefficient (Wildman–Crippen LogP) is 3.64. The minimum absolute atomic E-state index is 0.265. The van der Waals surface area contributed by atoms with Gasteiger partial charge in [0, 0.05) is 30.6 Å². The van der Waals surface area contributed by atoms with E-state index in [0.717, 1.165) is 12.0 Å². The molecule has 0 saturated carbocycles. The molecule has 1 aromatic heterocycles. The summed E-state index contributed by atoms with van der Waals surface area (Å²) in [6.07, 6.45) is 4.31. The molecule has 0 aliphatic heterocycles. The Morgan fingerprint density at radius 2 is 1.92 bits per heavy atom. The van der Waals surface area contributed by atoms with Crippen LogP contribution in [0.2, 0.25) is 0 Å². The number of carbonyl (C=O) groups excluding carboxylic acids is 1. The number of halogens is 1. The van der Waals surface area contributed by atoms with Crippen molar-refractivity contribution in [2.24, 2.45) is 7.05 Å². The minimum atomic E-state index is -0.667. The summed E-state index contributed by atoms with van der Waals surface area (Å²) in [5.41, 5.74) is 2.08. The number of imidazole rings is 1. The minimum Gasteiger partial charge on any atom is -0.338 e. The molecule has 0 bridgehead atoms. The summed E-state index contributed by atoms with van der Waals surface area (Å²) in [7, 11) is 1.82. The molecule has 1 amide bonds. The molecule has 128 valence electrons. The summed E-state index contributed by atoms with van der Waals surface area (Å²) in [6, 6.07) is 13.2. The summed E-state index contributed by atoms with van der Waals surface area (Å²) in [4.78, 5) is 17.0. The molecule has 1 atom stereocenters. The van der Waals surface area contributed by atoms with E-state index < -0.39 is 6.04 Å². The second-order valence-corrected chi connectivity index (χ2v) is 5.87. The van der Waals surface area contributed by atoms with Crippen LogP contribution in [-0.2, 0) is 13.5 Å². The van der Waals surface area contributed by atoms with E-state index in [1.807, 2.05) is 19.2 Å². The first-order valence-corrected chi connectivity index (χ1v) is 8.21. The Balaban J connectivity index is 1.94. The van der Waals surface area contributed by atoms with Gasteiger partial charge >= 0.3 is 0 Å². The van der Waals surface area contributed by atoms with Crippen LogP contribution >= 0.6 is 0 Å². The first-order valence-electron chi connectivity index (χ1n) is 8.21. The zero-order valence-electron chi connectivity index (χ0n) is 14.2. The maximum atomic E-state index is 14.3. The number of nitrogens with one attached hydrogen (secondary N) is 1. The molecule has 3 rings (SSSR count). The third-order valence-corrected chi connectivity index (χ3v) is 4.23. The predicted molar refractivity (Wildman–Crippen MR) is 94.7 cm³/mol. The third-order valence-electron chi connectivity index (χ3n) is 4.23. The largest absolute Gasteiger partial charge is 0.338 e. The van der Waals surface area contributed by atoms with Gasteiger partial charge in [-0.1, -0.05) is 37.3 Å². The number of aromatic nitrogens is 2. The molecule has 1 N–H and O–H groups in total. The van der Waals surface area contributed by atoms with Crippen molar-refractivity contribution < 1.29 is 9.18 Å². The van der Waals surface area contributed by atoms with E-state index in [0.29, 0.717) is 17.0 Å². The summed E-state index contributed by atoms with van der Waals surface area (Å²) in [5.74, 6) is -0.0698. The van der Waals surface area contributed by atoms with Crippen LogP contribution in [0, 0.1) is 5.82 Å². The van der Waals surface area contributed by atoms with Gasteiger partial charge in [0.1, 0.15) is 17.7 Å². The highest BCUT2D eigenvalue weighted by atomic mass is 19.1. The molecule has 1 heterocycles. The Labute approximate surface area is 146 Å². The Morgan fingerprint density at radius 3 is 2.52 bits per heavy atom. The molecule has 0 saturated heterocycles. The number of benzene rings is 2. The number of hydrogen-bond donors (Lipinski definition) is 1. The molecule has 1 unspecified atom stereocenters. The second kappa shape index (κ2) is 7.30. The SMILES string of the molecule is CCc1ccc(C(=O)NC(c2ccccc2F)c2nccn2C)cc1. The van der Waals surface area contributed by atoms with E-state index in [-0.39, 0.29) is 11.7 Å². The van der Waals surface area contributed by atoms with Crippen LogP contribution < -0.4 is 5.32 Å². The van der Waals surface area contributed by atoms with Gasteiger partial charge in [-0.25, -0.2) is 9.37 Å². The van der Waals surface area contributed by atoms with E-state index in [4.69, 9.17) is 0 Å². The normalized spacial score (nSPS) is 12.0. The third kappa shape index (κ3) is 3.60. The van der Waals surface area contributed by atoms with E-state index in [2.05, 4.69) is 17.2 Å². The first-order chi connectivity index (χ1) is 12.1. The van der Waals surface area contributed by atoms with E-state index >= 15 is 0 Å². The van der Waals surface area contributed by atoms with Gasteiger partial charge in [0.15, 0.2) is 0 Å². The average molecular weight is 337 g/mol. The number of nitrogens with zero attached hydrogens (tertiary/aromatic N) is 2. The van der Waals surface area contributed by atoms with Crippen LogP contribution in [0.5, 0.6) is 0 Å². The molecule has 2 aromatic carbocycles. The summed E-state index contributed by atoms with van der Waals surface area (Å²) < 4.78 is 16.1. The van der Waals surface area contributed by atoms with Crippen molar-refractivity contribution in [2.45, 2.75) is 19.4 Å². The number of carbonyl (C=O) groups is 1.